The van der Waals surface area contributed by atoms with E-state index >= 15 is 0 Å². The molecule has 1 amide bonds. The van der Waals surface area contributed by atoms with Gasteiger partial charge in [0.05, 0.1) is 12.4 Å². The van der Waals surface area contributed by atoms with E-state index in [-0.39, 0.29) is 5.91 Å². The van der Waals surface area contributed by atoms with Crippen LogP contribution >= 0.6 is 12.2 Å². The van der Waals surface area contributed by atoms with Gasteiger partial charge in [-0.25, -0.2) is 4.68 Å². The molecule has 0 saturated carbocycles. The van der Waals surface area contributed by atoms with Crippen LogP contribution in [0.3, 0.4) is 0 Å². The summed E-state index contributed by atoms with van der Waals surface area (Å²) in [4.78, 5) is 17.2. The summed E-state index contributed by atoms with van der Waals surface area (Å²) < 4.78 is 3.97. The monoisotopic (exact) mass is 444 g/mol. The summed E-state index contributed by atoms with van der Waals surface area (Å²) in [6.07, 6.45) is 0. The molecule has 32 heavy (non-hydrogen) atoms. The molecule has 1 saturated heterocycles. The van der Waals surface area contributed by atoms with Crippen molar-refractivity contribution < 1.29 is 4.79 Å². The van der Waals surface area contributed by atoms with E-state index in [0.29, 0.717) is 24.5 Å². The van der Waals surface area contributed by atoms with E-state index in [1.165, 1.54) is 5.56 Å². The van der Waals surface area contributed by atoms with Crippen LogP contribution in [0.5, 0.6) is 0 Å². The second-order valence-corrected chi connectivity index (χ2v) is 8.49. The molecule has 0 bridgehead atoms. The predicted molar refractivity (Wildman–Crippen MR) is 126 cm³/mol. The number of carbonyl (C=O) groups is 1. The molecular weight excluding hydrogens is 420 g/mol. The normalized spacial score (nSPS) is 14.7. The van der Waals surface area contributed by atoms with Crippen molar-refractivity contribution in [1.82, 2.24) is 29.6 Å². The van der Waals surface area contributed by atoms with Gasteiger partial charge in [-0.2, -0.15) is 4.68 Å². The maximum absolute atomic E-state index is 13.0. The van der Waals surface area contributed by atoms with Crippen molar-refractivity contribution in [1.29, 1.82) is 0 Å². The summed E-state index contributed by atoms with van der Waals surface area (Å²) in [6.45, 7) is 5.47. The Morgan fingerprint density at radius 1 is 0.906 bits per heavy atom. The van der Waals surface area contributed by atoms with Crippen molar-refractivity contribution in [3.8, 4) is 5.69 Å². The number of hydrogen-bond acceptors (Lipinski definition) is 5. The van der Waals surface area contributed by atoms with Gasteiger partial charge in [0.1, 0.15) is 0 Å². The van der Waals surface area contributed by atoms with Crippen molar-refractivity contribution in [3.63, 3.8) is 0 Å². The zero-order valence-corrected chi connectivity index (χ0v) is 18.7. The van der Waals surface area contributed by atoms with Gasteiger partial charge in [-0.3, -0.25) is 9.69 Å². The third kappa shape index (κ3) is 4.06. The maximum atomic E-state index is 13.0. The highest BCUT2D eigenvalue weighted by Gasteiger charge is 2.23. The first-order valence-corrected chi connectivity index (χ1v) is 11.1. The van der Waals surface area contributed by atoms with E-state index < -0.39 is 0 Å². The van der Waals surface area contributed by atoms with Gasteiger partial charge in [0, 0.05) is 31.7 Å². The van der Waals surface area contributed by atoms with Crippen LogP contribution in [0.4, 0.5) is 0 Å². The van der Waals surface area contributed by atoms with Crippen LogP contribution in [-0.4, -0.2) is 61.7 Å². The number of aromatic nitrogens is 4. The number of nitrogens with zero attached hydrogens (tertiary/aromatic N) is 6. The minimum Gasteiger partial charge on any atom is -0.336 e. The highest BCUT2D eigenvalue weighted by atomic mass is 32.1. The second kappa shape index (κ2) is 8.64. The molecule has 0 aliphatic carbocycles. The second-order valence-electron chi connectivity index (χ2n) is 8.12. The number of aryl methyl sites for hydroxylation is 1. The molecule has 4 aromatic rings. The van der Waals surface area contributed by atoms with Gasteiger partial charge in [-0.1, -0.05) is 48.0 Å². The Hall–Kier alpha value is -3.36. The fourth-order valence-corrected chi connectivity index (χ4v) is 4.23. The Kier molecular flexibility index (Phi) is 5.55. The van der Waals surface area contributed by atoms with Crippen LogP contribution < -0.4 is 0 Å². The molecule has 0 unspecified atom stereocenters. The van der Waals surface area contributed by atoms with Crippen molar-refractivity contribution in [3.05, 3.63) is 82.6 Å². The number of tetrazole rings is 1. The highest BCUT2D eigenvalue weighted by molar-refractivity contribution is 7.71. The van der Waals surface area contributed by atoms with Gasteiger partial charge in [0.15, 0.2) is 0 Å². The zero-order valence-electron chi connectivity index (χ0n) is 17.9. The lowest BCUT2D eigenvalue weighted by Gasteiger charge is -2.34. The van der Waals surface area contributed by atoms with E-state index in [2.05, 4.69) is 21.4 Å². The molecule has 0 N–H and O–H groups in total. The Balaban J connectivity index is 1.23. The van der Waals surface area contributed by atoms with Gasteiger partial charge >= 0.3 is 0 Å². The van der Waals surface area contributed by atoms with Crippen LogP contribution in [0.25, 0.3) is 16.5 Å². The molecule has 0 radical (unpaired) electrons. The smallest absolute Gasteiger partial charge is 0.253 e. The number of hydrogen-bond donors (Lipinski definition) is 0. The standard InChI is InChI=1S/C24H24N6OS/c1-18-6-10-22(11-7-18)30-24(32)29(25-26-30)17-27-12-14-28(15-13-27)23(31)21-9-8-19-4-2-3-5-20(19)16-21/h2-11,16H,12-15,17H2,1H3. The summed E-state index contributed by atoms with van der Waals surface area (Å²) in [5, 5.41) is 10.7. The molecule has 1 aliphatic heterocycles. The third-order valence-corrected chi connectivity index (χ3v) is 6.29. The average molecular weight is 445 g/mol. The van der Waals surface area contributed by atoms with Crippen LogP contribution in [0, 0.1) is 11.7 Å². The van der Waals surface area contributed by atoms with Gasteiger partial charge in [-0.05, 0) is 64.6 Å². The quantitative estimate of drug-likeness (QED) is 0.450. The third-order valence-electron chi connectivity index (χ3n) is 5.91. The van der Waals surface area contributed by atoms with Crippen LogP contribution in [0.15, 0.2) is 66.7 Å². The summed E-state index contributed by atoms with van der Waals surface area (Å²) in [5.74, 6) is 0.0809. The number of benzene rings is 3. The number of rotatable bonds is 4. The predicted octanol–water partition coefficient (Wildman–Crippen LogP) is 3.68. The Bertz CT molecular complexity index is 1320. The van der Waals surface area contributed by atoms with Crippen molar-refractivity contribution in [2.24, 2.45) is 0 Å². The number of fused-ring (bicyclic) bond motifs is 1. The highest BCUT2D eigenvalue weighted by Crippen LogP contribution is 2.18. The SMILES string of the molecule is Cc1ccc(-n2nnn(CN3CCN(C(=O)c4ccc5ccccc5c4)CC3)c2=S)cc1. The van der Waals surface area contributed by atoms with Crippen molar-refractivity contribution in [2.75, 3.05) is 26.2 Å². The Morgan fingerprint density at radius 3 is 2.38 bits per heavy atom. The van der Waals surface area contributed by atoms with Crippen LogP contribution in [0.2, 0.25) is 0 Å². The van der Waals surface area contributed by atoms with Gasteiger partial charge in [0.25, 0.3) is 5.91 Å². The molecule has 0 spiro atoms. The number of carbonyl (C=O) groups excluding carboxylic acids is 1. The van der Waals surface area contributed by atoms with E-state index in [0.717, 1.165) is 35.1 Å². The molecule has 2 heterocycles. The minimum absolute atomic E-state index is 0.0809. The van der Waals surface area contributed by atoms with Gasteiger partial charge < -0.3 is 4.90 Å². The molecule has 0 atom stereocenters. The summed E-state index contributed by atoms with van der Waals surface area (Å²) in [5.41, 5.74) is 2.82. The number of piperazine rings is 1. The van der Waals surface area contributed by atoms with E-state index in [4.69, 9.17) is 12.2 Å². The molecule has 8 heteroatoms. The van der Waals surface area contributed by atoms with E-state index in [9.17, 15) is 4.79 Å². The van der Waals surface area contributed by atoms with Crippen LogP contribution in [-0.2, 0) is 6.67 Å². The average Bonchev–Trinajstić information content (AvgIpc) is 3.19. The van der Waals surface area contributed by atoms with Gasteiger partial charge in [-0.15, -0.1) is 0 Å². The number of amides is 1. The summed E-state index contributed by atoms with van der Waals surface area (Å²) in [6, 6.07) is 22.0. The van der Waals surface area contributed by atoms with E-state index in [1.54, 1.807) is 9.36 Å². The Labute approximate surface area is 191 Å². The Morgan fingerprint density at radius 2 is 1.62 bits per heavy atom. The molecule has 3 aromatic carbocycles. The first-order chi connectivity index (χ1) is 15.6. The van der Waals surface area contributed by atoms with Crippen molar-refractivity contribution >= 4 is 28.9 Å². The summed E-state index contributed by atoms with van der Waals surface area (Å²) >= 11 is 5.59. The first kappa shape index (κ1) is 20.5. The fraction of sp³-hybridized carbons (Fsp3) is 0.250. The topological polar surface area (TPSA) is 59.2 Å². The lowest BCUT2D eigenvalue weighted by atomic mass is 10.1. The van der Waals surface area contributed by atoms with Crippen molar-refractivity contribution in [2.45, 2.75) is 13.6 Å². The maximum Gasteiger partial charge on any atom is 0.253 e. The first-order valence-electron chi connectivity index (χ1n) is 10.7. The molecule has 7 nitrogen and oxygen atoms in total. The van der Waals surface area contributed by atoms with Gasteiger partial charge in [0.2, 0.25) is 4.77 Å². The molecule has 5 rings (SSSR count). The molecule has 1 aliphatic rings. The van der Waals surface area contributed by atoms with Crippen LogP contribution in [0.1, 0.15) is 15.9 Å². The lowest BCUT2D eigenvalue weighted by Crippen LogP contribution is -2.49. The zero-order chi connectivity index (χ0) is 22.1. The molecule has 1 fully saturated rings. The van der Waals surface area contributed by atoms with E-state index in [1.807, 2.05) is 72.5 Å². The lowest BCUT2D eigenvalue weighted by molar-refractivity contribution is 0.0584. The summed E-state index contributed by atoms with van der Waals surface area (Å²) in [7, 11) is 0. The molecule has 162 valence electrons. The largest absolute Gasteiger partial charge is 0.336 e. The fourth-order valence-electron chi connectivity index (χ4n) is 4.00. The molecule has 1 aromatic heterocycles. The minimum atomic E-state index is 0.0809. The molecular formula is C24H24N6OS.